The predicted octanol–water partition coefficient (Wildman–Crippen LogP) is 2.48. The molecule has 0 aliphatic carbocycles. The van der Waals surface area contributed by atoms with Crippen molar-refractivity contribution < 1.29 is 9.90 Å². The van der Waals surface area contributed by atoms with Crippen molar-refractivity contribution in [2.45, 2.75) is 44.8 Å². The first kappa shape index (κ1) is 20.7. The van der Waals surface area contributed by atoms with Crippen molar-refractivity contribution in [1.29, 1.82) is 0 Å². The molecule has 1 amide bonds. The molecule has 1 N–H and O–H groups in total. The number of carbonyl (C=O) groups is 1. The lowest BCUT2D eigenvalue weighted by Crippen LogP contribution is -2.38. The molecule has 4 heterocycles. The summed E-state index contributed by atoms with van der Waals surface area (Å²) < 4.78 is 1.96. The average Bonchev–Trinajstić information content (AvgIpc) is 3.22. The Labute approximate surface area is 181 Å². The van der Waals surface area contributed by atoms with Gasteiger partial charge in [0, 0.05) is 51.6 Å². The highest BCUT2D eigenvalue weighted by Gasteiger charge is 2.23. The lowest BCUT2D eigenvalue weighted by molar-refractivity contribution is -0.130. The van der Waals surface area contributed by atoms with E-state index in [1.54, 1.807) is 19.3 Å². The Bertz CT molecular complexity index is 971. The second-order valence-electron chi connectivity index (χ2n) is 7.96. The summed E-state index contributed by atoms with van der Waals surface area (Å²) in [4.78, 5) is 19.7. The first-order chi connectivity index (χ1) is 14.5. The first-order valence-corrected chi connectivity index (χ1v) is 10.8. The summed E-state index contributed by atoms with van der Waals surface area (Å²) in [6.07, 6.45) is 8.65. The molecule has 0 radical (unpaired) electrons. The molecule has 2 aliphatic rings. The molecule has 1 atom stereocenters. The van der Waals surface area contributed by atoms with Gasteiger partial charge in [-0.3, -0.25) is 9.48 Å². The number of piperidine rings is 2. The van der Waals surface area contributed by atoms with Gasteiger partial charge in [-0.05, 0) is 25.7 Å². The monoisotopic (exact) mass is 427 g/mol. The molecular formula is C22H26ClN5O2. The minimum Gasteiger partial charge on any atom is -0.391 e. The van der Waals surface area contributed by atoms with Gasteiger partial charge in [-0.2, -0.15) is 5.10 Å². The molecule has 1 unspecified atom stereocenters. The van der Waals surface area contributed by atoms with Crippen LogP contribution in [-0.2, 0) is 4.79 Å². The van der Waals surface area contributed by atoms with Crippen molar-refractivity contribution >= 4 is 23.2 Å². The van der Waals surface area contributed by atoms with Crippen LogP contribution in [0.3, 0.4) is 0 Å². The van der Waals surface area contributed by atoms with Gasteiger partial charge in [-0.15, -0.1) is 0 Å². The Hall–Kier alpha value is -2.56. The van der Waals surface area contributed by atoms with Crippen LogP contribution in [0.1, 0.15) is 49.8 Å². The summed E-state index contributed by atoms with van der Waals surface area (Å²) in [5.41, 5.74) is 2.53. The zero-order valence-corrected chi connectivity index (χ0v) is 17.8. The maximum Gasteiger partial charge on any atom is 0.219 e. The minimum atomic E-state index is -0.334. The molecule has 7 nitrogen and oxygen atoms in total. The van der Waals surface area contributed by atoms with Crippen LogP contribution in [0.25, 0.3) is 0 Å². The van der Waals surface area contributed by atoms with E-state index in [1.165, 1.54) is 0 Å². The summed E-state index contributed by atoms with van der Waals surface area (Å²) in [5, 5.41) is 14.9. The number of hydrogen-bond donors (Lipinski definition) is 1. The molecule has 0 aromatic carbocycles. The lowest BCUT2D eigenvalue weighted by atomic mass is 10.1. The fourth-order valence-electron chi connectivity index (χ4n) is 4.14. The molecule has 2 saturated heterocycles. The van der Waals surface area contributed by atoms with E-state index in [1.807, 2.05) is 21.8 Å². The molecule has 8 heteroatoms. The number of nitrogens with zero attached hydrogens (tertiary/aromatic N) is 5. The van der Waals surface area contributed by atoms with Crippen molar-refractivity contribution in [2.75, 3.05) is 31.1 Å². The summed E-state index contributed by atoms with van der Waals surface area (Å²) >= 11 is 6.12. The van der Waals surface area contributed by atoms with Crippen LogP contribution < -0.4 is 4.90 Å². The van der Waals surface area contributed by atoms with Gasteiger partial charge < -0.3 is 14.9 Å². The Kier molecular flexibility index (Phi) is 6.26. The molecule has 2 aromatic rings. The molecular weight excluding hydrogens is 402 g/mol. The first-order valence-electron chi connectivity index (χ1n) is 10.4. The van der Waals surface area contributed by atoms with Crippen LogP contribution in [0.4, 0.5) is 5.69 Å². The summed E-state index contributed by atoms with van der Waals surface area (Å²) in [6, 6.07) is 2.11. The Morgan fingerprint density at radius 1 is 1.20 bits per heavy atom. The van der Waals surface area contributed by atoms with Gasteiger partial charge in [0.15, 0.2) is 0 Å². The Morgan fingerprint density at radius 3 is 2.73 bits per heavy atom. The highest BCUT2D eigenvalue weighted by atomic mass is 35.5. The highest BCUT2D eigenvalue weighted by molar-refractivity contribution is 6.29. The van der Waals surface area contributed by atoms with Gasteiger partial charge in [0.25, 0.3) is 0 Å². The van der Waals surface area contributed by atoms with E-state index in [9.17, 15) is 9.90 Å². The molecule has 0 spiro atoms. The lowest BCUT2D eigenvalue weighted by Gasteiger charge is -2.32. The number of hydrogen-bond acceptors (Lipinski definition) is 5. The topological polar surface area (TPSA) is 74.5 Å². The highest BCUT2D eigenvalue weighted by Crippen LogP contribution is 2.26. The van der Waals surface area contributed by atoms with Crippen molar-refractivity contribution in [1.82, 2.24) is 19.7 Å². The van der Waals surface area contributed by atoms with Crippen molar-refractivity contribution in [3.8, 4) is 11.8 Å². The molecule has 30 heavy (non-hydrogen) atoms. The van der Waals surface area contributed by atoms with E-state index in [-0.39, 0.29) is 12.0 Å². The normalized spacial score (nSPS) is 20.0. The van der Waals surface area contributed by atoms with Gasteiger partial charge >= 0.3 is 0 Å². The Balaban J connectivity index is 1.49. The zero-order valence-electron chi connectivity index (χ0n) is 17.1. The predicted molar refractivity (Wildman–Crippen MR) is 115 cm³/mol. The van der Waals surface area contributed by atoms with Crippen molar-refractivity contribution in [3.63, 3.8) is 0 Å². The number of aliphatic hydroxyl groups excluding tert-OH is 1. The van der Waals surface area contributed by atoms with Crippen LogP contribution in [0.5, 0.6) is 0 Å². The average molecular weight is 428 g/mol. The number of aliphatic hydroxyl groups is 1. The zero-order chi connectivity index (χ0) is 21.1. The van der Waals surface area contributed by atoms with Crippen LogP contribution >= 0.6 is 11.6 Å². The third kappa shape index (κ3) is 4.77. The second kappa shape index (κ2) is 9.07. The standard InChI is InChI=1S/C22H26ClN5O2/c1-16(29)26-9-6-19(7-10-26)28-14-17(12-25-28)4-5-18-13-24-22(23)11-21(18)27-8-2-3-20(30)15-27/h11-14,19-20,30H,2-3,6-10,15H2,1H3. The second-order valence-corrected chi connectivity index (χ2v) is 8.35. The fourth-order valence-corrected chi connectivity index (χ4v) is 4.29. The third-order valence-corrected chi connectivity index (χ3v) is 6.02. The fraction of sp³-hybridized carbons (Fsp3) is 0.500. The molecule has 2 aromatic heterocycles. The van der Waals surface area contributed by atoms with E-state index < -0.39 is 0 Å². The van der Waals surface area contributed by atoms with E-state index in [0.29, 0.717) is 17.7 Å². The number of pyridine rings is 1. The number of rotatable bonds is 2. The van der Waals surface area contributed by atoms with Crippen molar-refractivity contribution in [3.05, 3.63) is 40.9 Å². The maximum absolute atomic E-state index is 11.5. The summed E-state index contributed by atoms with van der Waals surface area (Å²) in [5.74, 6) is 6.53. The smallest absolute Gasteiger partial charge is 0.219 e. The van der Waals surface area contributed by atoms with E-state index in [0.717, 1.165) is 62.1 Å². The number of halogens is 1. The molecule has 2 fully saturated rings. The maximum atomic E-state index is 11.5. The van der Waals surface area contributed by atoms with Gasteiger partial charge in [-0.1, -0.05) is 23.4 Å². The molecule has 0 saturated carbocycles. The number of anilines is 1. The van der Waals surface area contributed by atoms with Gasteiger partial charge in [-0.25, -0.2) is 4.98 Å². The number of amides is 1. The van der Waals surface area contributed by atoms with Gasteiger partial charge in [0.1, 0.15) is 5.15 Å². The molecule has 0 bridgehead atoms. The van der Waals surface area contributed by atoms with Crippen LogP contribution in [0.2, 0.25) is 5.15 Å². The Morgan fingerprint density at radius 2 is 2.00 bits per heavy atom. The van der Waals surface area contributed by atoms with Crippen LogP contribution in [-0.4, -0.2) is 63.0 Å². The van der Waals surface area contributed by atoms with Crippen LogP contribution in [0, 0.1) is 11.8 Å². The van der Waals surface area contributed by atoms with Crippen molar-refractivity contribution in [2.24, 2.45) is 0 Å². The summed E-state index contributed by atoms with van der Waals surface area (Å²) in [6.45, 7) is 4.59. The van der Waals surface area contributed by atoms with E-state index in [4.69, 9.17) is 11.6 Å². The number of likely N-dealkylation sites (tertiary alicyclic amines) is 1. The summed E-state index contributed by atoms with van der Waals surface area (Å²) in [7, 11) is 0. The quantitative estimate of drug-likeness (QED) is 0.588. The van der Waals surface area contributed by atoms with E-state index >= 15 is 0 Å². The number of carbonyl (C=O) groups excluding carboxylic acids is 1. The van der Waals surface area contributed by atoms with Crippen LogP contribution in [0.15, 0.2) is 24.7 Å². The number of aromatic nitrogens is 3. The SMILES string of the molecule is CC(=O)N1CCC(n2cc(C#Cc3cnc(Cl)cc3N3CCCC(O)C3)cn2)CC1. The third-order valence-electron chi connectivity index (χ3n) is 5.81. The molecule has 158 valence electrons. The molecule has 2 aliphatic heterocycles. The van der Waals surface area contributed by atoms with Gasteiger partial charge in [0.05, 0.1) is 35.2 Å². The van der Waals surface area contributed by atoms with E-state index in [2.05, 4.69) is 26.8 Å². The largest absolute Gasteiger partial charge is 0.391 e. The molecule has 4 rings (SSSR count). The number of β-amino-alcohol motifs (C(OH)–C–C–N with tert-alkyl or cyclic N) is 1. The minimum absolute atomic E-state index is 0.133. The van der Waals surface area contributed by atoms with Gasteiger partial charge in [0.2, 0.25) is 5.91 Å².